The lowest BCUT2D eigenvalue weighted by molar-refractivity contribution is 0.146. The van der Waals surface area contributed by atoms with Crippen molar-refractivity contribution in [2.75, 3.05) is 6.54 Å². The number of amides is 1. The lowest BCUT2D eigenvalue weighted by atomic mass is 9.79. The number of aromatic amines is 1. The first kappa shape index (κ1) is 15.1. The molecular formula is C14H14Cl2N4O2. The second kappa shape index (κ2) is 5.78. The number of rotatable bonds is 3. The maximum Gasteiger partial charge on any atom is 0.408 e. The molecule has 0 saturated carbocycles. The van der Waals surface area contributed by atoms with E-state index in [1.807, 2.05) is 12.1 Å². The van der Waals surface area contributed by atoms with Crippen LogP contribution in [0, 0.1) is 0 Å². The van der Waals surface area contributed by atoms with Crippen molar-refractivity contribution in [1.29, 1.82) is 0 Å². The second-order valence-electron chi connectivity index (χ2n) is 5.34. The summed E-state index contributed by atoms with van der Waals surface area (Å²) in [5.41, 5.74) is -0.378. The van der Waals surface area contributed by atoms with Gasteiger partial charge in [0, 0.05) is 11.6 Å². The van der Waals surface area contributed by atoms with Gasteiger partial charge in [0.15, 0.2) is 5.82 Å². The SMILES string of the molecule is O=C(O)N1CCC(Cc2ccc(Cl)cc2)(c2nc[nH]n2)C1Cl. The number of benzene rings is 1. The molecule has 0 aliphatic carbocycles. The predicted molar refractivity (Wildman–Crippen MR) is 82.2 cm³/mol. The first-order valence-corrected chi connectivity index (χ1v) is 7.59. The van der Waals surface area contributed by atoms with Crippen molar-refractivity contribution in [3.63, 3.8) is 0 Å². The normalized spacial score (nSPS) is 24.6. The van der Waals surface area contributed by atoms with E-state index in [1.54, 1.807) is 12.1 Å². The highest BCUT2D eigenvalue weighted by Gasteiger charge is 2.52. The van der Waals surface area contributed by atoms with Gasteiger partial charge in [0.1, 0.15) is 11.8 Å². The van der Waals surface area contributed by atoms with E-state index in [-0.39, 0.29) is 0 Å². The molecular weight excluding hydrogens is 327 g/mol. The molecule has 3 rings (SSSR count). The first-order valence-electron chi connectivity index (χ1n) is 6.77. The van der Waals surface area contributed by atoms with Gasteiger partial charge in [-0.15, -0.1) is 0 Å². The maximum atomic E-state index is 11.3. The van der Waals surface area contributed by atoms with Crippen molar-refractivity contribution >= 4 is 29.3 Å². The summed E-state index contributed by atoms with van der Waals surface area (Å²) < 4.78 is 0. The molecule has 0 bridgehead atoms. The minimum atomic E-state index is -1.03. The number of likely N-dealkylation sites (tertiary alicyclic amines) is 1. The zero-order chi connectivity index (χ0) is 15.7. The third-order valence-electron chi connectivity index (χ3n) is 4.07. The number of H-pyrrole nitrogens is 1. The zero-order valence-corrected chi connectivity index (χ0v) is 13.1. The van der Waals surface area contributed by atoms with Crippen LogP contribution in [-0.2, 0) is 11.8 Å². The van der Waals surface area contributed by atoms with E-state index in [0.29, 0.717) is 30.2 Å². The Morgan fingerprint density at radius 1 is 1.45 bits per heavy atom. The smallest absolute Gasteiger partial charge is 0.408 e. The number of halogens is 2. The minimum Gasteiger partial charge on any atom is -0.465 e. The Morgan fingerprint density at radius 2 is 2.18 bits per heavy atom. The fourth-order valence-corrected chi connectivity index (χ4v) is 3.52. The lowest BCUT2D eigenvalue weighted by Crippen LogP contribution is -2.43. The topological polar surface area (TPSA) is 82.1 Å². The standard InChI is InChI=1S/C14H14Cl2N4O2/c15-10-3-1-9(2-4-10)7-14(12-17-8-18-19-12)5-6-20(11(14)16)13(21)22/h1-4,8,11H,5-7H2,(H,21,22)(H,17,18,19). The van der Waals surface area contributed by atoms with Gasteiger partial charge in [-0.25, -0.2) is 9.78 Å². The van der Waals surface area contributed by atoms with Gasteiger partial charge in [0.2, 0.25) is 0 Å². The summed E-state index contributed by atoms with van der Waals surface area (Å²) in [5.74, 6) is 0.534. The molecule has 1 fully saturated rings. The molecule has 2 heterocycles. The van der Waals surface area contributed by atoms with Crippen LogP contribution in [0.4, 0.5) is 4.79 Å². The van der Waals surface area contributed by atoms with Gasteiger partial charge in [0.05, 0.1) is 5.41 Å². The van der Waals surface area contributed by atoms with E-state index in [0.717, 1.165) is 5.56 Å². The van der Waals surface area contributed by atoms with Crippen LogP contribution in [-0.4, -0.2) is 43.3 Å². The van der Waals surface area contributed by atoms with Crippen molar-refractivity contribution < 1.29 is 9.90 Å². The zero-order valence-electron chi connectivity index (χ0n) is 11.5. The highest BCUT2D eigenvalue weighted by atomic mass is 35.5. The number of hydrogen-bond donors (Lipinski definition) is 2. The van der Waals surface area contributed by atoms with Crippen LogP contribution in [0.15, 0.2) is 30.6 Å². The number of carbonyl (C=O) groups is 1. The van der Waals surface area contributed by atoms with Gasteiger partial charge in [-0.05, 0) is 30.5 Å². The Kier molecular flexibility index (Phi) is 3.97. The molecule has 0 spiro atoms. The largest absolute Gasteiger partial charge is 0.465 e. The molecule has 8 heteroatoms. The number of nitrogens with zero attached hydrogens (tertiary/aromatic N) is 3. The monoisotopic (exact) mass is 340 g/mol. The number of hydrogen-bond acceptors (Lipinski definition) is 3. The van der Waals surface area contributed by atoms with Crippen molar-refractivity contribution in [2.24, 2.45) is 0 Å². The molecule has 2 aromatic rings. The van der Waals surface area contributed by atoms with Crippen molar-refractivity contribution in [1.82, 2.24) is 20.1 Å². The van der Waals surface area contributed by atoms with Crippen molar-refractivity contribution in [3.8, 4) is 0 Å². The Labute approximate surface area is 137 Å². The van der Waals surface area contributed by atoms with Crippen LogP contribution >= 0.6 is 23.2 Å². The van der Waals surface area contributed by atoms with Crippen LogP contribution in [0.1, 0.15) is 17.8 Å². The third kappa shape index (κ3) is 2.53. The summed E-state index contributed by atoms with van der Waals surface area (Å²) >= 11 is 12.4. The average molecular weight is 341 g/mol. The molecule has 22 heavy (non-hydrogen) atoms. The fraction of sp³-hybridized carbons (Fsp3) is 0.357. The molecule has 0 radical (unpaired) electrons. The summed E-state index contributed by atoms with van der Waals surface area (Å²) in [4.78, 5) is 16.8. The fourth-order valence-electron chi connectivity index (χ4n) is 2.93. The van der Waals surface area contributed by atoms with Gasteiger partial charge < -0.3 is 5.11 Å². The van der Waals surface area contributed by atoms with E-state index in [4.69, 9.17) is 23.2 Å². The van der Waals surface area contributed by atoms with Gasteiger partial charge in [-0.2, -0.15) is 5.10 Å². The third-order valence-corrected chi connectivity index (χ3v) is 4.97. The van der Waals surface area contributed by atoms with E-state index in [9.17, 15) is 9.90 Å². The van der Waals surface area contributed by atoms with E-state index >= 15 is 0 Å². The number of aromatic nitrogens is 3. The van der Waals surface area contributed by atoms with Crippen LogP contribution < -0.4 is 0 Å². The molecule has 1 saturated heterocycles. The summed E-state index contributed by atoms with van der Waals surface area (Å²) in [6.45, 7) is 0.353. The Bertz CT molecular complexity index is 662. The van der Waals surface area contributed by atoms with Crippen LogP contribution in [0.5, 0.6) is 0 Å². The lowest BCUT2D eigenvalue weighted by Gasteiger charge is -2.31. The average Bonchev–Trinajstić information content (AvgIpc) is 3.11. The Balaban J connectivity index is 1.98. The molecule has 2 unspecified atom stereocenters. The number of alkyl halides is 1. The van der Waals surface area contributed by atoms with E-state index in [1.165, 1.54) is 11.2 Å². The quantitative estimate of drug-likeness (QED) is 0.664. The van der Waals surface area contributed by atoms with Gasteiger partial charge in [-0.3, -0.25) is 10.00 Å². The summed E-state index contributed by atoms with van der Waals surface area (Å²) in [6, 6.07) is 7.42. The van der Waals surface area contributed by atoms with Crippen molar-refractivity contribution in [2.45, 2.75) is 23.8 Å². The predicted octanol–water partition coefficient (Wildman–Crippen LogP) is 2.89. The highest BCUT2D eigenvalue weighted by molar-refractivity contribution is 6.30. The highest BCUT2D eigenvalue weighted by Crippen LogP contribution is 2.43. The molecule has 116 valence electrons. The van der Waals surface area contributed by atoms with Crippen LogP contribution in [0.2, 0.25) is 5.02 Å². The number of carboxylic acid groups (broad SMARTS) is 1. The van der Waals surface area contributed by atoms with Crippen LogP contribution in [0.25, 0.3) is 0 Å². The molecule has 2 atom stereocenters. The van der Waals surface area contributed by atoms with Crippen molar-refractivity contribution in [3.05, 3.63) is 47.0 Å². The van der Waals surface area contributed by atoms with E-state index < -0.39 is 17.0 Å². The first-order chi connectivity index (χ1) is 10.5. The summed E-state index contributed by atoms with van der Waals surface area (Å²) in [5, 5.41) is 16.8. The Hall–Kier alpha value is -1.79. The maximum absolute atomic E-state index is 11.3. The van der Waals surface area contributed by atoms with E-state index in [2.05, 4.69) is 15.2 Å². The molecule has 1 aliphatic heterocycles. The molecule has 1 aliphatic rings. The molecule has 2 N–H and O–H groups in total. The summed E-state index contributed by atoms with van der Waals surface area (Å²) in [6.07, 6.45) is 1.55. The van der Waals surface area contributed by atoms with Gasteiger partial charge in [0.25, 0.3) is 0 Å². The second-order valence-corrected chi connectivity index (χ2v) is 6.19. The summed E-state index contributed by atoms with van der Waals surface area (Å²) in [7, 11) is 0. The van der Waals surface area contributed by atoms with Crippen LogP contribution in [0.3, 0.4) is 0 Å². The van der Waals surface area contributed by atoms with Gasteiger partial charge in [-0.1, -0.05) is 35.3 Å². The molecule has 1 aromatic carbocycles. The molecule has 1 aromatic heterocycles. The minimum absolute atomic E-state index is 0.353. The Morgan fingerprint density at radius 3 is 2.73 bits per heavy atom. The van der Waals surface area contributed by atoms with Gasteiger partial charge >= 0.3 is 6.09 Å². The molecule has 6 nitrogen and oxygen atoms in total. The number of nitrogens with one attached hydrogen (secondary N) is 1. The molecule has 1 amide bonds.